The van der Waals surface area contributed by atoms with Crippen LogP contribution in [0.15, 0.2) is 24.3 Å². The van der Waals surface area contributed by atoms with Crippen LogP contribution >= 0.6 is 0 Å². The van der Waals surface area contributed by atoms with Gasteiger partial charge in [0.1, 0.15) is 5.82 Å². The van der Waals surface area contributed by atoms with Gasteiger partial charge in [-0.1, -0.05) is 25.1 Å². The Labute approximate surface area is 101 Å². The highest BCUT2D eigenvalue weighted by Gasteiger charge is 2.24. The Hall–Kier alpha value is -1.42. The van der Waals surface area contributed by atoms with Crippen molar-refractivity contribution in [3.63, 3.8) is 0 Å². The molecule has 94 valence electrons. The average molecular weight is 239 g/mol. The van der Waals surface area contributed by atoms with Crippen LogP contribution in [-0.2, 0) is 9.53 Å². The highest BCUT2D eigenvalue weighted by atomic mass is 19.1. The Bertz CT molecular complexity index is 381. The highest BCUT2D eigenvalue weighted by molar-refractivity contribution is 5.70. The molecule has 0 fully saturated rings. The zero-order chi connectivity index (χ0) is 12.8. The number of benzene rings is 1. The lowest BCUT2D eigenvalue weighted by atomic mass is 9.87. The van der Waals surface area contributed by atoms with Crippen molar-refractivity contribution in [1.29, 1.82) is 0 Å². The van der Waals surface area contributed by atoms with Crippen molar-refractivity contribution in [1.82, 2.24) is 0 Å². The molecule has 0 aromatic heterocycles. The van der Waals surface area contributed by atoms with E-state index in [2.05, 4.69) is 4.74 Å². The van der Waals surface area contributed by atoms with Crippen LogP contribution < -0.4 is 5.73 Å². The maximum Gasteiger partial charge on any atom is 0.306 e. The van der Waals surface area contributed by atoms with E-state index in [1.165, 1.54) is 13.2 Å². The monoisotopic (exact) mass is 239 g/mol. The molecule has 17 heavy (non-hydrogen) atoms. The zero-order valence-electron chi connectivity index (χ0n) is 10.2. The lowest BCUT2D eigenvalue weighted by Crippen LogP contribution is -2.30. The number of rotatable bonds is 5. The molecule has 1 aromatic carbocycles. The lowest BCUT2D eigenvalue weighted by Gasteiger charge is -2.22. The molecule has 0 saturated heterocycles. The van der Waals surface area contributed by atoms with Gasteiger partial charge in [0.2, 0.25) is 0 Å². The molecule has 0 aliphatic heterocycles. The normalized spacial score (nSPS) is 14.1. The first-order chi connectivity index (χ1) is 8.10. The fourth-order valence-electron chi connectivity index (χ4n) is 1.82. The van der Waals surface area contributed by atoms with E-state index >= 15 is 0 Å². The van der Waals surface area contributed by atoms with E-state index in [0.717, 1.165) is 0 Å². The zero-order valence-corrected chi connectivity index (χ0v) is 10.2. The molecule has 0 aliphatic carbocycles. The van der Waals surface area contributed by atoms with Crippen LogP contribution in [0.3, 0.4) is 0 Å². The highest BCUT2D eigenvalue weighted by Crippen LogP contribution is 2.26. The average Bonchev–Trinajstić information content (AvgIpc) is 2.35. The second-order valence-electron chi connectivity index (χ2n) is 3.98. The summed E-state index contributed by atoms with van der Waals surface area (Å²) >= 11 is 0. The molecule has 0 bridgehead atoms. The molecule has 0 heterocycles. The summed E-state index contributed by atoms with van der Waals surface area (Å²) in [6.07, 6.45) is 0.780. The SMILES string of the molecule is CCC(N)C(CC(=O)OC)c1ccccc1F. The summed E-state index contributed by atoms with van der Waals surface area (Å²) in [7, 11) is 1.32. The molecule has 3 nitrogen and oxygen atoms in total. The maximum atomic E-state index is 13.7. The molecular formula is C13H18FNO2. The van der Waals surface area contributed by atoms with E-state index in [4.69, 9.17) is 5.73 Å². The van der Waals surface area contributed by atoms with Crippen LogP contribution in [0.2, 0.25) is 0 Å². The number of carbonyl (C=O) groups is 1. The third-order valence-corrected chi connectivity index (χ3v) is 2.91. The molecule has 0 saturated carbocycles. The fourth-order valence-corrected chi connectivity index (χ4v) is 1.82. The van der Waals surface area contributed by atoms with Crippen LogP contribution in [-0.4, -0.2) is 19.1 Å². The minimum absolute atomic E-state index is 0.104. The third kappa shape index (κ3) is 3.53. The molecule has 2 N–H and O–H groups in total. The van der Waals surface area contributed by atoms with Crippen LogP contribution in [0.5, 0.6) is 0 Å². The Morgan fingerprint density at radius 1 is 1.47 bits per heavy atom. The molecule has 0 radical (unpaired) electrons. The van der Waals surface area contributed by atoms with Gasteiger partial charge in [0.05, 0.1) is 13.5 Å². The van der Waals surface area contributed by atoms with E-state index in [1.807, 2.05) is 6.92 Å². The van der Waals surface area contributed by atoms with Gasteiger partial charge in [-0.25, -0.2) is 4.39 Å². The predicted octanol–water partition coefficient (Wildman–Crippen LogP) is 2.21. The molecule has 1 aromatic rings. The standard InChI is InChI=1S/C13H18FNO2/c1-3-12(15)10(8-13(16)17-2)9-6-4-5-7-11(9)14/h4-7,10,12H,3,8,15H2,1-2H3. The van der Waals surface area contributed by atoms with Gasteiger partial charge in [-0.3, -0.25) is 4.79 Å². The Morgan fingerprint density at radius 2 is 2.12 bits per heavy atom. The summed E-state index contributed by atoms with van der Waals surface area (Å²) in [4.78, 5) is 11.3. The number of halogens is 1. The molecule has 0 spiro atoms. The molecule has 4 heteroatoms. The largest absolute Gasteiger partial charge is 0.469 e. The van der Waals surface area contributed by atoms with E-state index < -0.39 is 0 Å². The first kappa shape index (κ1) is 13.6. The summed E-state index contributed by atoms with van der Waals surface area (Å²) in [5.41, 5.74) is 6.43. The van der Waals surface area contributed by atoms with Crippen molar-refractivity contribution >= 4 is 5.97 Å². The smallest absolute Gasteiger partial charge is 0.306 e. The van der Waals surface area contributed by atoms with E-state index in [0.29, 0.717) is 12.0 Å². The second kappa shape index (κ2) is 6.35. The van der Waals surface area contributed by atoms with Crippen molar-refractivity contribution in [3.8, 4) is 0 Å². The van der Waals surface area contributed by atoms with Crippen LogP contribution in [0, 0.1) is 5.82 Å². The fraction of sp³-hybridized carbons (Fsp3) is 0.462. The van der Waals surface area contributed by atoms with Gasteiger partial charge in [-0.2, -0.15) is 0 Å². The van der Waals surface area contributed by atoms with Gasteiger partial charge in [0.25, 0.3) is 0 Å². The maximum absolute atomic E-state index is 13.7. The molecular weight excluding hydrogens is 221 g/mol. The Balaban J connectivity index is 2.98. The predicted molar refractivity (Wildman–Crippen MR) is 64.0 cm³/mol. The van der Waals surface area contributed by atoms with Crippen molar-refractivity contribution in [2.24, 2.45) is 5.73 Å². The summed E-state index contributed by atoms with van der Waals surface area (Å²) in [6, 6.07) is 6.14. The lowest BCUT2D eigenvalue weighted by molar-refractivity contribution is -0.141. The number of hydrogen-bond acceptors (Lipinski definition) is 3. The van der Waals surface area contributed by atoms with Gasteiger partial charge >= 0.3 is 5.97 Å². The Morgan fingerprint density at radius 3 is 2.65 bits per heavy atom. The van der Waals surface area contributed by atoms with Gasteiger partial charge in [-0.05, 0) is 18.1 Å². The number of nitrogens with two attached hydrogens (primary N) is 1. The summed E-state index contributed by atoms with van der Waals surface area (Å²) in [5.74, 6) is -1.04. The quantitative estimate of drug-likeness (QED) is 0.801. The number of methoxy groups -OCH3 is 1. The Kier molecular flexibility index (Phi) is 5.10. The summed E-state index contributed by atoms with van der Waals surface area (Å²) in [5, 5.41) is 0. The molecule has 2 atom stereocenters. The first-order valence-corrected chi connectivity index (χ1v) is 5.67. The van der Waals surface area contributed by atoms with E-state index in [1.54, 1.807) is 18.2 Å². The van der Waals surface area contributed by atoms with Crippen molar-refractivity contribution in [2.45, 2.75) is 31.7 Å². The van der Waals surface area contributed by atoms with Crippen LogP contribution in [0.25, 0.3) is 0 Å². The van der Waals surface area contributed by atoms with Gasteiger partial charge in [0, 0.05) is 12.0 Å². The number of esters is 1. The molecule has 0 amide bonds. The van der Waals surface area contributed by atoms with Gasteiger partial charge in [-0.15, -0.1) is 0 Å². The van der Waals surface area contributed by atoms with E-state index in [-0.39, 0.29) is 30.2 Å². The van der Waals surface area contributed by atoms with Crippen LogP contribution in [0.1, 0.15) is 31.2 Å². The minimum atomic E-state index is -0.373. The second-order valence-corrected chi connectivity index (χ2v) is 3.98. The van der Waals surface area contributed by atoms with Gasteiger partial charge in [0.15, 0.2) is 0 Å². The molecule has 0 aliphatic rings. The van der Waals surface area contributed by atoms with Crippen LogP contribution in [0.4, 0.5) is 4.39 Å². The third-order valence-electron chi connectivity index (χ3n) is 2.91. The van der Waals surface area contributed by atoms with Crippen molar-refractivity contribution in [2.75, 3.05) is 7.11 Å². The molecule has 2 unspecified atom stereocenters. The van der Waals surface area contributed by atoms with Crippen molar-refractivity contribution in [3.05, 3.63) is 35.6 Å². The van der Waals surface area contributed by atoms with E-state index in [9.17, 15) is 9.18 Å². The number of hydrogen-bond donors (Lipinski definition) is 1. The summed E-state index contributed by atoms with van der Waals surface area (Å²) in [6.45, 7) is 1.91. The van der Waals surface area contributed by atoms with Gasteiger partial charge < -0.3 is 10.5 Å². The molecule has 1 rings (SSSR count). The minimum Gasteiger partial charge on any atom is -0.469 e. The first-order valence-electron chi connectivity index (χ1n) is 5.67. The van der Waals surface area contributed by atoms with Crippen molar-refractivity contribution < 1.29 is 13.9 Å². The topological polar surface area (TPSA) is 52.3 Å². The summed E-state index contributed by atoms with van der Waals surface area (Å²) < 4.78 is 18.3. The number of carbonyl (C=O) groups excluding carboxylic acids is 1. The number of ether oxygens (including phenoxy) is 1.